The molecular weight excluding hydrogens is 552 g/mol. The van der Waals surface area contributed by atoms with Gasteiger partial charge in [-0.15, -0.1) is 0 Å². The molecule has 10 heteroatoms. The van der Waals surface area contributed by atoms with Crippen LogP contribution in [0.1, 0.15) is 48.5 Å². The van der Waals surface area contributed by atoms with E-state index in [0.717, 1.165) is 5.56 Å². The van der Waals surface area contributed by atoms with E-state index in [4.69, 9.17) is 25.5 Å². The van der Waals surface area contributed by atoms with Gasteiger partial charge in [-0.25, -0.2) is 14.6 Å². The molecule has 0 spiro atoms. The van der Waals surface area contributed by atoms with Crippen molar-refractivity contribution in [2.75, 3.05) is 13.2 Å². The third-order valence-corrected chi connectivity index (χ3v) is 7.52. The Bertz CT molecular complexity index is 1800. The minimum atomic E-state index is -0.722. The Kier molecular flexibility index (Phi) is 7.86. The molecule has 1 aliphatic heterocycles. The van der Waals surface area contributed by atoms with Crippen molar-refractivity contribution in [3.63, 3.8) is 0 Å². The summed E-state index contributed by atoms with van der Waals surface area (Å²) in [7, 11) is 0. The van der Waals surface area contributed by atoms with Gasteiger partial charge in [0.1, 0.15) is 11.5 Å². The van der Waals surface area contributed by atoms with E-state index < -0.39 is 12.0 Å². The Balaban J connectivity index is 1.54. The molecule has 0 radical (unpaired) electrons. The summed E-state index contributed by atoms with van der Waals surface area (Å²) in [5.41, 5.74) is 2.40. The van der Waals surface area contributed by atoms with E-state index in [2.05, 4.69) is 4.99 Å². The average molecular weight is 577 g/mol. The first-order valence-corrected chi connectivity index (χ1v) is 13.8. The van der Waals surface area contributed by atoms with E-state index >= 15 is 0 Å². The molecule has 0 unspecified atom stereocenters. The minimum absolute atomic E-state index is 0.194. The lowest BCUT2D eigenvalue weighted by Crippen LogP contribution is -2.39. The molecule has 40 heavy (non-hydrogen) atoms. The predicted octanol–water partition coefficient (Wildman–Crippen LogP) is 4.89. The summed E-state index contributed by atoms with van der Waals surface area (Å²) < 4.78 is 18.3. The fraction of sp³-hybridized carbons (Fsp3) is 0.200. The van der Waals surface area contributed by atoms with Gasteiger partial charge in [-0.2, -0.15) is 0 Å². The quantitative estimate of drug-likeness (QED) is 0.291. The van der Waals surface area contributed by atoms with Gasteiger partial charge in [0.2, 0.25) is 0 Å². The van der Waals surface area contributed by atoms with Crippen LogP contribution in [0.3, 0.4) is 0 Å². The number of fused-ring (bicyclic) bond motifs is 1. The molecule has 0 saturated heterocycles. The number of benzene rings is 2. The zero-order chi connectivity index (χ0) is 28.4. The molecule has 3 heterocycles. The summed E-state index contributed by atoms with van der Waals surface area (Å²) >= 11 is 7.32. The molecule has 4 aromatic rings. The lowest BCUT2D eigenvalue weighted by molar-refractivity contribution is -0.139. The van der Waals surface area contributed by atoms with Gasteiger partial charge in [0.15, 0.2) is 4.80 Å². The smallest absolute Gasteiger partial charge is 0.338 e. The van der Waals surface area contributed by atoms with Crippen LogP contribution < -0.4 is 14.9 Å². The molecule has 2 aromatic heterocycles. The summed E-state index contributed by atoms with van der Waals surface area (Å²) in [4.78, 5) is 43.7. The maximum absolute atomic E-state index is 13.7. The Morgan fingerprint density at radius 1 is 1.00 bits per heavy atom. The second kappa shape index (κ2) is 11.5. The minimum Gasteiger partial charge on any atom is -0.463 e. The highest BCUT2D eigenvalue weighted by atomic mass is 35.5. The second-order valence-electron chi connectivity index (χ2n) is 8.85. The van der Waals surface area contributed by atoms with E-state index in [9.17, 15) is 14.4 Å². The third-order valence-electron chi connectivity index (χ3n) is 6.28. The second-order valence-corrected chi connectivity index (χ2v) is 10.3. The molecule has 8 nitrogen and oxygen atoms in total. The van der Waals surface area contributed by atoms with Crippen LogP contribution in [0.5, 0.6) is 0 Å². The summed E-state index contributed by atoms with van der Waals surface area (Å²) in [6.07, 6.45) is 1.66. The normalized spacial score (nSPS) is 15.0. The van der Waals surface area contributed by atoms with Gasteiger partial charge in [-0.3, -0.25) is 9.36 Å². The molecule has 0 fully saturated rings. The van der Waals surface area contributed by atoms with Crippen LogP contribution in [-0.4, -0.2) is 29.7 Å². The fourth-order valence-corrected chi connectivity index (χ4v) is 5.60. The van der Waals surface area contributed by atoms with E-state index in [1.54, 1.807) is 87.5 Å². The zero-order valence-corrected chi connectivity index (χ0v) is 23.5. The highest BCUT2D eigenvalue weighted by Gasteiger charge is 2.33. The SMILES string of the molecule is CCOC(=O)C1=C(C)N=c2s/c(=C\c3ccc(-c4ccc(C(=O)OCC)cc4)o3)c(=O)n2[C@@H]1c1ccc(Cl)cc1. The Hall–Kier alpha value is -4.21. The number of esters is 2. The van der Waals surface area contributed by atoms with Gasteiger partial charge < -0.3 is 13.9 Å². The topological polar surface area (TPSA) is 100 Å². The number of carbonyl (C=O) groups excluding carboxylic acids is 2. The van der Waals surface area contributed by atoms with Gasteiger partial charge in [0.25, 0.3) is 5.56 Å². The summed E-state index contributed by atoms with van der Waals surface area (Å²) in [5.74, 6) is 0.137. The highest BCUT2D eigenvalue weighted by molar-refractivity contribution is 7.07. The molecular formula is C30H25ClN2O6S. The van der Waals surface area contributed by atoms with Crippen molar-refractivity contribution >= 4 is 41.0 Å². The van der Waals surface area contributed by atoms with Crippen molar-refractivity contribution in [2.24, 2.45) is 4.99 Å². The van der Waals surface area contributed by atoms with Gasteiger partial charge >= 0.3 is 11.9 Å². The average Bonchev–Trinajstić information content (AvgIpc) is 3.53. The maximum Gasteiger partial charge on any atom is 0.338 e. The van der Waals surface area contributed by atoms with E-state index in [1.807, 2.05) is 0 Å². The maximum atomic E-state index is 13.7. The predicted molar refractivity (Wildman–Crippen MR) is 152 cm³/mol. The number of furan rings is 1. The number of halogens is 1. The molecule has 1 aliphatic rings. The third kappa shape index (κ3) is 5.30. The van der Waals surface area contributed by atoms with Crippen molar-refractivity contribution < 1.29 is 23.5 Å². The van der Waals surface area contributed by atoms with Crippen molar-refractivity contribution in [2.45, 2.75) is 26.8 Å². The van der Waals surface area contributed by atoms with Crippen LogP contribution in [0.2, 0.25) is 5.02 Å². The van der Waals surface area contributed by atoms with Crippen molar-refractivity contribution in [3.05, 3.63) is 114 Å². The van der Waals surface area contributed by atoms with E-state index in [-0.39, 0.29) is 18.1 Å². The summed E-state index contributed by atoms with van der Waals surface area (Å²) in [5, 5.41) is 0.540. The lowest BCUT2D eigenvalue weighted by atomic mass is 9.96. The number of aromatic nitrogens is 1. The van der Waals surface area contributed by atoms with Crippen molar-refractivity contribution in [3.8, 4) is 11.3 Å². The van der Waals surface area contributed by atoms with Gasteiger partial charge in [0, 0.05) is 16.7 Å². The largest absolute Gasteiger partial charge is 0.463 e. The van der Waals surface area contributed by atoms with Crippen molar-refractivity contribution in [1.82, 2.24) is 4.57 Å². The number of hydrogen-bond donors (Lipinski definition) is 0. The van der Waals surface area contributed by atoms with Crippen LogP contribution in [0.15, 0.2) is 86.1 Å². The molecule has 0 amide bonds. The zero-order valence-electron chi connectivity index (χ0n) is 22.0. The summed E-state index contributed by atoms with van der Waals surface area (Å²) in [6, 6.07) is 16.7. The highest BCUT2D eigenvalue weighted by Crippen LogP contribution is 2.31. The van der Waals surface area contributed by atoms with Crippen LogP contribution in [0.4, 0.5) is 0 Å². The van der Waals surface area contributed by atoms with Gasteiger partial charge in [-0.05, 0) is 62.7 Å². The fourth-order valence-electron chi connectivity index (χ4n) is 4.45. The van der Waals surface area contributed by atoms with Crippen LogP contribution >= 0.6 is 22.9 Å². The lowest BCUT2D eigenvalue weighted by Gasteiger charge is -2.24. The van der Waals surface area contributed by atoms with Gasteiger partial charge in [-0.1, -0.05) is 47.2 Å². The monoisotopic (exact) mass is 576 g/mol. The standard InChI is InChI=1S/C30H25ClN2O6S/c1-4-37-28(35)20-8-6-18(7-9-20)23-15-14-22(39-23)16-24-27(34)33-26(19-10-12-21(31)13-11-19)25(29(36)38-5-2)17(3)32-30(33)40-24/h6-16,26H,4-5H2,1-3H3/b24-16-/t26-/m1/s1. The first-order chi connectivity index (χ1) is 19.3. The van der Waals surface area contributed by atoms with Crippen LogP contribution in [-0.2, 0) is 14.3 Å². The van der Waals surface area contributed by atoms with E-state index in [1.165, 1.54) is 15.9 Å². The number of carbonyl (C=O) groups is 2. The number of rotatable bonds is 7. The molecule has 1 atom stereocenters. The first-order valence-electron chi connectivity index (χ1n) is 12.6. The number of ether oxygens (including phenoxy) is 2. The molecule has 2 aromatic carbocycles. The van der Waals surface area contributed by atoms with E-state index in [0.29, 0.717) is 54.9 Å². The number of allylic oxidation sites excluding steroid dienone is 1. The molecule has 0 bridgehead atoms. The molecule has 204 valence electrons. The first kappa shape index (κ1) is 27.4. The van der Waals surface area contributed by atoms with Crippen molar-refractivity contribution in [1.29, 1.82) is 0 Å². The molecule has 0 saturated carbocycles. The Morgan fingerprint density at radius 2 is 1.68 bits per heavy atom. The Labute approximate surface area is 238 Å². The molecule has 5 rings (SSSR count). The van der Waals surface area contributed by atoms with Crippen LogP contribution in [0.25, 0.3) is 17.4 Å². The molecule has 0 N–H and O–H groups in total. The number of nitrogens with zero attached hydrogens (tertiary/aromatic N) is 2. The molecule has 0 aliphatic carbocycles. The Morgan fingerprint density at radius 3 is 2.35 bits per heavy atom. The van der Waals surface area contributed by atoms with Gasteiger partial charge in [0.05, 0.1) is 40.6 Å². The number of thiazole rings is 1. The number of hydrogen-bond acceptors (Lipinski definition) is 8. The summed E-state index contributed by atoms with van der Waals surface area (Å²) in [6.45, 7) is 5.72. The van der Waals surface area contributed by atoms with Crippen LogP contribution in [0, 0.1) is 0 Å².